The Kier molecular flexibility index (Phi) is 4.31. The lowest BCUT2D eigenvalue weighted by Gasteiger charge is -2.34. The molecular weight excluding hydrogens is 308 g/mol. The third kappa shape index (κ3) is 3.00. The van der Waals surface area contributed by atoms with Crippen molar-refractivity contribution in [3.8, 4) is 0 Å². The average Bonchev–Trinajstić information content (AvgIpc) is 2.60. The minimum Gasteiger partial charge on any atom is -0.383 e. The quantitative estimate of drug-likeness (QED) is 0.667. The van der Waals surface area contributed by atoms with Crippen LogP contribution < -0.4 is 5.32 Å². The topological polar surface area (TPSA) is 92.5 Å². The average molecular weight is 326 g/mol. The van der Waals surface area contributed by atoms with Crippen LogP contribution in [0.3, 0.4) is 0 Å². The summed E-state index contributed by atoms with van der Waals surface area (Å²) in [6, 6.07) is 13.4. The molecule has 6 heteroatoms. The fraction of sp³-hybridized carbons (Fsp3) is 0.278. The summed E-state index contributed by atoms with van der Waals surface area (Å²) in [5.41, 5.74) is 0.500. The highest BCUT2D eigenvalue weighted by Crippen LogP contribution is 2.34. The molecule has 3 rings (SSSR count). The number of amides is 1. The number of carbonyl (C=O) groups is 1. The van der Waals surface area contributed by atoms with E-state index in [0.29, 0.717) is 6.42 Å². The van der Waals surface area contributed by atoms with Crippen LogP contribution in [0.15, 0.2) is 48.5 Å². The zero-order chi connectivity index (χ0) is 17.2. The molecule has 1 atom stereocenters. The molecule has 0 fully saturated rings. The minimum atomic E-state index is -1.14. The van der Waals surface area contributed by atoms with Crippen LogP contribution in [0.4, 0.5) is 5.69 Å². The van der Waals surface area contributed by atoms with Crippen molar-refractivity contribution in [1.29, 1.82) is 0 Å². The molecule has 2 aromatic carbocycles. The van der Waals surface area contributed by atoms with E-state index < -0.39 is 16.4 Å². The van der Waals surface area contributed by atoms with Gasteiger partial charge in [-0.25, -0.2) is 0 Å². The first kappa shape index (κ1) is 16.1. The molecule has 0 unspecified atom stereocenters. The second-order valence-electron chi connectivity index (χ2n) is 6.00. The van der Waals surface area contributed by atoms with Crippen molar-refractivity contribution >= 4 is 11.6 Å². The summed E-state index contributed by atoms with van der Waals surface area (Å²) >= 11 is 0. The van der Waals surface area contributed by atoms with Crippen molar-refractivity contribution in [3.05, 3.63) is 75.3 Å². The third-order valence-corrected chi connectivity index (χ3v) is 4.44. The molecule has 0 aromatic heterocycles. The number of aliphatic hydroxyl groups is 1. The van der Waals surface area contributed by atoms with E-state index in [0.717, 1.165) is 24.0 Å². The lowest BCUT2D eigenvalue weighted by Crippen LogP contribution is -2.43. The van der Waals surface area contributed by atoms with Crippen molar-refractivity contribution in [2.75, 3.05) is 6.54 Å². The van der Waals surface area contributed by atoms with Gasteiger partial charge in [0.05, 0.1) is 11.5 Å². The van der Waals surface area contributed by atoms with E-state index in [9.17, 15) is 20.0 Å². The molecule has 24 heavy (non-hydrogen) atoms. The Hall–Kier alpha value is -2.73. The second kappa shape index (κ2) is 6.41. The number of nitro benzene ring substituents is 1. The second-order valence-corrected chi connectivity index (χ2v) is 6.00. The van der Waals surface area contributed by atoms with E-state index in [2.05, 4.69) is 5.32 Å². The van der Waals surface area contributed by atoms with Crippen LogP contribution in [0, 0.1) is 10.1 Å². The van der Waals surface area contributed by atoms with Gasteiger partial charge in [0.25, 0.3) is 11.6 Å². The number of para-hydroxylation sites is 1. The Morgan fingerprint density at radius 3 is 2.71 bits per heavy atom. The smallest absolute Gasteiger partial charge is 0.282 e. The number of nitro groups is 1. The molecule has 0 heterocycles. The number of rotatable bonds is 4. The number of nitrogens with one attached hydrogen (secondary N) is 1. The lowest BCUT2D eigenvalue weighted by atomic mass is 9.79. The molecule has 0 radical (unpaired) electrons. The first-order chi connectivity index (χ1) is 11.5. The monoisotopic (exact) mass is 326 g/mol. The van der Waals surface area contributed by atoms with Gasteiger partial charge in [0.1, 0.15) is 11.2 Å². The van der Waals surface area contributed by atoms with E-state index >= 15 is 0 Å². The minimum absolute atomic E-state index is 0.00445. The highest BCUT2D eigenvalue weighted by molar-refractivity contribution is 5.98. The maximum atomic E-state index is 12.3. The molecule has 2 aromatic rings. The predicted octanol–water partition coefficient (Wildman–Crippen LogP) is 2.55. The fourth-order valence-corrected chi connectivity index (χ4v) is 3.23. The summed E-state index contributed by atoms with van der Waals surface area (Å²) in [7, 11) is 0. The van der Waals surface area contributed by atoms with Gasteiger partial charge >= 0.3 is 0 Å². The zero-order valence-corrected chi connectivity index (χ0v) is 13.1. The van der Waals surface area contributed by atoms with Gasteiger partial charge in [0.2, 0.25) is 0 Å². The van der Waals surface area contributed by atoms with Crippen LogP contribution in [0.2, 0.25) is 0 Å². The van der Waals surface area contributed by atoms with Gasteiger partial charge in [-0.15, -0.1) is 0 Å². The normalized spacial score (nSPS) is 19.4. The zero-order valence-electron chi connectivity index (χ0n) is 13.1. The van der Waals surface area contributed by atoms with E-state index in [1.807, 2.05) is 24.3 Å². The molecule has 1 amide bonds. The summed E-state index contributed by atoms with van der Waals surface area (Å²) in [6.07, 6.45) is 2.27. The summed E-state index contributed by atoms with van der Waals surface area (Å²) in [5, 5.41) is 24.6. The van der Waals surface area contributed by atoms with E-state index in [1.54, 1.807) is 6.07 Å². The van der Waals surface area contributed by atoms with E-state index in [4.69, 9.17) is 0 Å². The highest BCUT2D eigenvalue weighted by atomic mass is 16.6. The number of hydrogen-bond donors (Lipinski definition) is 2. The van der Waals surface area contributed by atoms with Crippen LogP contribution in [0.5, 0.6) is 0 Å². The van der Waals surface area contributed by atoms with Crippen molar-refractivity contribution in [2.45, 2.75) is 24.9 Å². The molecule has 124 valence electrons. The van der Waals surface area contributed by atoms with Gasteiger partial charge in [0, 0.05) is 6.07 Å². The summed E-state index contributed by atoms with van der Waals surface area (Å²) < 4.78 is 0. The van der Waals surface area contributed by atoms with Crippen LogP contribution in [-0.4, -0.2) is 22.5 Å². The first-order valence-electron chi connectivity index (χ1n) is 7.84. The van der Waals surface area contributed by atoms with E-state index in [1.165, 1.54) is 18.2 Å². The maximum Gasteiger partial charge on any atom is 0.282 e. The molecule has 2 N–H and O–H groups in total. The van der Waals surface area contributed by atoms with Gasteiger partial charge in [-0.05, 0) is 36.5 Å². The van der Waals surface area contributed by atoms with Gasteiger partial charge < -0.3 is 10.4 Å². The molecule has 0 saturated carbocycles. The Morgan fingerprint density at radius 2 is 1.92 bits per heavy atom. The number of benzene rings is 2. The van der Waals surface area contributed by atoms with E-state index in [-0.39, 0.29) is 17.8 Å². The van der Waals surface area contributed by atoms with Crippen molar-refractivity contribution in [1.82, 2.24) is 5.32 Å². The van der Waals surface area contributed by atoms with Gasteiger partial charge in [-0.2, -0.15) is 0 Å². The SMILES string of the molecule is O=C(NC[C@]1(O)CCCc2ccccc21)c1ccccc1[N+](=O)[O-]. The molecule has 0 bridgehead atoms. The number of fused-ring (bicyclic) bond motifs is 1. The highest BCUT2D eigenvalue weighted by Gasteiger charge is 2.34. The van der Waals surface area contributed by atoms with Crippen LogP contribution in [0.1, 0.15) is 34.3 Å². The van der Waals surface area contributed by atoms with Crippen LogP contribution in [0.25, 0.3) is 0 Å². The Balaban J connectivity index is 1.79. The number of nitrogens with zero attached hydrogens (tertiary/aromatic N) is 1. The van der Waals surface area contributed by atoms with Gasteiger partial charge in [-0.3, -0.25) is 14.9 Å². The van der Waals surface area contributed by atoms with Gasteiger partial charge in [0.15, 0.2) is 0 Å². The van der Waals surface area contributed by atoms with Crippen molar-refractivity contribution in [3.63, 3.8) is 0 Å². The molecule has 0 aliphatic heterocycles. The largest absolute Gasteiger partial charge is 0.383 e. The fourth-order valence-electron chi connectivity index (χ4n) is 3.23. The Labute approximate surface area is 139 Å². The Morgan fingerprint density at radius 1 is 1.21 bits per heavy atom. The van der Waals surface area contributed by atoms with Crippen molar-refractivity contribution in [2.24, 2.45) is 0 Å². The molecule has 1 aliphatic rings. The number of aryl methyl sites for hydroxylation is 1. The standard InChI is InChI=1S/C18H18N2O4/c21-17(14-8-2-4-10-16(14)20(23)24)19-12-18(22)11-5-7-13-6-1-3-9-15(13)18/h1-4,6,8-10,22H,5,7,11-12H2,(H,19,21)/t18-/m1/s1. The summed E-state index contributed by atoms with van der Waals surface area (Å²) in [5.74, 6) is -0.557. The summed E-state index contributed by atoms with van der Waals surface area (Å²) in [4.78, 5) is 22.8. The molecular formula is C18H18N2O4. The Bertz CT molecular complexity index is 790. The predicted molar refractivity (Wildman–Crippen MR) is 88.7 cm³/mol. The van der Waals surface area contributed by atoms with Crippen LogP contribution >= 0.6 is 0 Å². The molecule has 0 saturated heterocycles. The summed E-state index contributed by atoms with van der Waals surface area (Å²) in [6.45, 7) is 0.0227. The van der Waals surface area contributed by atoms with Crippen molar-refractivity contribution < 1.29 is 14.8 Å². The van der Waals surface area contributed by atoms with Gasteiger partial charge in [-0.1, -0.05) is 36.4 Å². The first-order valence-corrected chi connectivity index (χ1v) is 7.84. The molecule has 1 aliphatic carbocycles. The number of hydrogen-bond acceptors (Lipinski definition) is 4. The third-order valence-electron chi connectivity index (χ3n) is 4.44. The maximum absolute atomic E-state index is 12.3. The number of carbonyl (C=O) groups excluding carboxylic acids is 1. The van der Waals surface area contributed by atoms with Crippen LogP contribution in [-0.2, 0) is 12.0 Å². The lowest BCUT2D eigenvalue weighted by molar-refractivity contribution is -0.385. The molecule has 0 spiro atoms. The molecule has 6 nitrogen and oxygen atoms in total.